The standard InChI is InChI=1S/C15H10Br.C15H11.2HI.H2S.Zr/c16-14-8-4-7-12-9-10-13(15(12)14)11-5-2-1-3-6-11;1-2-6-12(7-3-1)15-11-10-13-8-4-5-9-14(13)15;;;;/h1-10H;1-11H;2*1H;1H2;/q2*-1;;;;+2/p-3. The second kappa shape index (κ2) is 14.9. The monoisotopic (exact) mass is 837 g/mol. The van der Waals surface area contributed by atoms with Crippen LogP contribution in [0.15, 0.2) is 132 Å². The van der Waals surface area contributed by atoms with Gasteiger partial charge in [-0.15, -0.1) is 65.7 Å². The van der Waals surface area contributed by atoms with Crippen LogP contribution in [-0.4, -0.2) is 0 Å². The number of hydrogen-bond donors (Lipinski definition) is 0. The summed E-state index contributed by atoms with van der Waals surface area (Å²) in [6.45, 7) is 0. The average molecular weight is 840 g/mol. The van der Waals surface area contributed by atoms with Crippen LogP contribution in [0.2, 0.25) is 0 Å². The van der Waals surface area contributed by atoms with Crippen LogP contribution in [0, 0.1) is 0 Å². The zero-order chi connectivity index (χ0) is 23.8. The van der Waals surface area contributed by atoms with E-state index in [9.17, 15) is 0 Å². The summed E-state index contributed by atoms with van der Waals surface area (Å²) in [6.07, 6.45) is 0. The molecule has 0 amide bonds. The van der Waals surface area contributed by atoms with Gasteiger partial charge in [0.15, 0.2) is 0 Å². The molecule has 0 aliphatic heterocycles. The van der Waals surface area contributed by atoms with Crippen LogP contribution in [0.25, 0.3) is 43.8 Å². The summed E-state index contributed by atoms with van der Waals surface area (Å²) in [5.41, 5.74) is 5.18. The van der Waals surface area contributed by atoms with Gasteiger partial charge < -0.3 is 13.5 Å². The fraction of sp³-hybridized carbons (Fsp3) is 0. The molecule has 0 atom stereocenters. The normalized spacial score (nSPS) is 9.91. The summed E-state index contributed by atoms with van der Waals surface area (Å²) in [6, 6.07) is 44.5. The Morgan fingerprint density at radius 3 is 1.69 bits per heavy atom. The van der Waals surface area contributed by atoms with Crippen LogP contribution < -0.4 is 0 Å². The molecule has 0 radical (unpaired) electrons. The molecule has 0 aliphatic carbocycles. The Hall–Kier alpha value is -0.727. The van der Waals surface area contributed by atoms with Crippen molar-refractivity contribution < 1.29 is 14.9 Å². The molecule has 0 unspecified atom stereocenters. The molecule has 0 spiro atoms. The first-order chi connectivity index (χ1) is 16.7. The number of fused-ring (bicyclic) bond motifs is 2. The van der Waals surface area contributed by atoms with Gasteiger partial charge in [0.05, 0.1) is 0 Å². The number of thiol groups is 1. The Kier molecular flexibility index (Phi) is 12.3. The minimum atomic E-state index is 0. The first-order valence-corrected chi connectivity index (χ1v) is 26.2. The third-order valence-electron chi connectivity index (χ3n) is 5.59. The van der Waals surface area contributed by atoms with E-state index in [2.05, 4.69) is 173 Å². The molecular formula is C30H22BrI2SZr-3. The molecule has 6 rings (SSSR count). The van der Waals surface area contributed by atoms with Gasteiger partial charge in [-0.05, 0) is 4.47 Å². The van der Waals surface area contributed by atoms with E-state index in [1.165, 1.54) is 43.8 Å². The Balaban J connectivity index is 0.000000172. The molecule has 6 aromatic carbocycles. The largest absolute Gasteiger partial charge is 0.813 e. The van der Waals surface area contributed by atoms with E-state index < -0.39 is 0 Å². The third-order valence-corrected chi connectivity index (χ3v) is 6.26. The fourth-order valence-corrected chi connectivity index (χ4v) is 4.69. The predicted molar refractivity (Wildman–Crippen MR) is 174 cm³/mol. The molecule has 0 heterocycles. The number of halogens is 3. The fourth-order valence-electron chi connectivity index (χ4n) is 4.10. The van der Waals surface area contributed by atoms with Crippen molar-refractivity contribution in [3.63, 3.8) is 0 Å². The van der Waals surface area contributed by atoms with E-state index in [0.29, 0.717) is 0 Å². The molecule has 0 saturated carbocycles. The molecule has 0 aromatic heterocycles. The van der Waals surface area contributed by atoms with Gasteiger partial charge in [-0.1, -0.05) is 121 Å². The van der Waals surface area contributed by atoms with Crippen molar-refractivity contribution in [1.29, 1.82) is 0 Å². The average Bonchev–Trinajstić information content (AvgIpc) is 3.52. The van der Waals surface area contributed by atoms with Crippen molar-refractivity contribution in [2.45, 2.75) is 0 Å². The summed E-state index contributed by atoms with van der Waals surface area (Å²) < 4.78 is 1.16. The Morgan fingerprint density at radius 1 is 0.543 bits per heavy atom. The summed E-state index contributed by atoms with van der Waals surface area (Å²) in [5.74, 6) is 0. The van der Waals surface area contributed by atoms with Crippen LogP contribution in [0.4, 0.5) is 0 Å². The second-order valence-corrected chi connectivity index (χ2v) is 27.4. The third kappa shape index (κ3) is 7.41. The molecule has 6 aromatic rings. The van der Waals surface area contributed by atoms with Crippen molar-refractivity contribution in [1.82, 2.24) is 0 Å². The maximum absolute atomic E-state index is 3.62. The van der Waals surface area contributed by atoms with Crippen LogP contribution in [-0.2, 0) is 28.4 Å². The number of rotatable bonds is 2. The molecule has 35 heavy (non-hydrogen) atoms. The predicted octanol–water partition coefficient (Wildman–Crippen LogP) is 10.7. The maximum Gasteiger partial charge on any atom is -0.0746 e. The Bertz CT molecular complexity index is 1460. The van der Waals surface area contributed by atoms with Crippen molar-refractivity contribution in [2.75, 3.05) is 0 Å². The molecule has 0 fully saturated rings. The smallest absolute Gasteiger partial charge is 0.0746 e. The second-order valence-electron chi connectivity index (χ2n) is 7.59. The number of hydrogen-bond acceptors (Lipinski definition) is 1. The van der Waals surface area contributed by atoms with E-state index in [-0.39, 0.29) is 28.4 Å². The minimum absolute atomic E-state index is 0. The first-order valence-electron chi connectivity index (χ1n) is 10.8. The Labute approximate surface area is 252 Å². The summed E-state index contributed by atoms with van der Waals surface area (Å²) >= 11 is 8.68. The maximum atomic E-state index is 3.62. The SMILES string of the molecule is Brc1cccc2cc[c-](-c3ccccc3)c12.[I][Zr][I].[SH-].c1ccc(-[c-]2ccc3ccccc32)cc1. The zero-order valence-corrected chi connectivity index (χ0v) is 28.0. The van der Waals surface area contributed by atoms with Gasteiger partial charge in [-0.2, -0.15) is 0 Å². The molecule has 0 nitrogen and oxygen atoms in total. The van der Waals surface area contributed by atoms with Crippen LogP contribution in [0.3, 0.4) is 0 Å². The summed E-state index contributed by atoms with van der Waals surface area (Å²) in [4.78, 5) is 0. The quantitative estimate of drug-likeness (QED) is 0.0725. The Morgan fingerprint density at radius 2 is 1.03 bits per heavy atom. The molecule has 0 saturated heterocycles. The van der Waals surface area contributed by atoms with Gasteiger partial charge in [0.25, 0.3) is 0 Å². The van der Waals surface area contributed by atoms with E-state index in [0.717, 1.165) is 4.47 Å². The summed E-state index contributed by atoms with van der Waals surface area (Å²) in [7, 11) is 0. The van der Waals surface area contributed by atoms with Gasteiger partial charge in [-0.3, -0.25) is 0 Å². The van der Waals surface area contributed by atoms with Crippen molar-refractivity contribution in [3.8, 4) is 22.3 Å². The van der Waals surface area contributed by atoms with Crippen molar-refractivity contribution in [2.24, 2.45) is 0 Å². The number of benzene rings is 4. The first kappa shape index (κ1) is 28.8. The van der Waals surface area contributed by atoms with E-state index >= 15 is 0 Å². The van der Waals surface area contributed by atoms with Crippen LogP contribution in [0.5, 0.6) is 0 Å². The van der Waals surface area contributed by atoms with E-state index in [1.54, 1.807) is 0 Å². The van der Waals surface area contributed by atoms with Gasteiger partial charge in [0.1, 0.15) is 0 Å². The van der Waals surface area contributed by atoms with Gasteiger partial charge in [0, 0.05) is 0 Å². The molecule has 0 aliphatic rings. The summed E-state index contributed by atoms with van der Waals surface area (Å²) in [5, 5.41) is 5.24. The molecule has 0 bridgehead atoms. The van der Waals surface area contributed by atoms with E-state index in [1.807, 2.05) is 6.07 Å². The van der Waals surface area contributed by atoms with Gasteiger partial charge in [0.2, 0.25) is 0 Å². The molecule has 0 N–H and O–H groups in total. The molecule has 5 heteroatoms. The minimum Gasteiger partial charge on any atom is -0.813 e. The topological polar surface area (TPSA) is 0 Å². The van der Waals surface area contributed by atoms with Crippen LogP contribution >= 0.6 is 52.0 Å². The van der Waals surface area contributed by atoms with Gasteiger partial charge in [-0.25, -0.2) is 0 Å². The van der Waals surface area contributed by atoms with Gasteiger partial charge >= 0.3 is 50.9 Å². The molecular weight excluding hydrogens is 817 g/mol. The van der Waals surface area contributed by atoms with Crippen molar-refractivity contribution in [3.05, 3.63) is 132 Å². The van der Waals surface area contributed by atoms with Crippen LogP contribution in [0.1, 0.15) is 0 Å². The van der Waals surface area contributed by atoms with E-state index in [4.69, 9.17) is 0 Å². The molecule has 176 valence electrons. The van der Waals surface area contributed by atoms with Crippen molar-refractivity contribution >= 4 is 87.1 Å². The zero-order valence-electron chi connectivity index (χ0n) is 18.7.